The molecule has 1 amide bonds. The first-order chi connectivity index (χ1) is 16.4. The monoisotopic (exact) mass is 486 g/mol. The number of thioether (sulfide) groups is 1. The van der Waals surface area contributed by atoms with Crippen LogP contribution in [0.2, 0.25) is 0 Å². The number of aromatic nitrogens is 2. The second kappa shape index (κ2) is 10.8. The molecule has 0 bridgehead atoms. The van der Waals surface area contributed by atoms with Gasteiger partial charge in [-0.2, -0.15) is 0 Å². The van der Waals surface area contributed by atoms with Crippen molar-refractivity contribution in [2.45, 2.75) is 31.2 Å². The molecule has 0 saturated carbocycles. The van der Waals surface area contributed by atoms with Gasteiger partial charge < -0.3 is 15.0 Å². The topological polar surface area (TPSA) is 87.3 Å². The van der Waals surface area contributed by atoms with Gasteiger partial charge in [0.15, 0.2) is 5.16 Å². The van der Waals surface area contributed by atoms with E-state index < -0.39 is 11.6 Å². The van der Waals surface area contributed by atoms with Crippen molar-refractivity contribution in [1.29, 1.82) is 0 Å². The quantitative estimate of drug-likeness (QED) is 0.376. The van der Waals surface area contributed by atoms with Crippen molar-refractivity contribution in [2.75, 3.05) is 19.4 Å². The number of H-pyrrole nitrogens is 1. The molecule has 1 aliphatic heterocycles. The molecule has 4 rings (SSSR count). The van der Waals surface area contributed by atoms with Crippen LogP contribution in [-0.4, -0.2) is 40.2 Å². The Morgan fingerprint density at radius 3 is 2.85 bits per heavy atom. The van der Waals surface area contributed by atoms with E-state index in [1.165, 1.54) is 6.07 Å². The number of hydrogen-bond acceptors (Lipinski definition) is 6. The Bertz CT molecular complexity index is 1250. The number of hydrogen-bond donors (Lipinski definition) is 2. The smallest absolute Gasteiger partial charge is 0.256 e. The number of aromatic amines is 1. The van der Waals surface area contributed by atoms with Crippen molar-refractivity contribution < 1.29 is 18.3 Å². The van der Waals surface area contributed by atoms with Crippen molar-refractivity contribution in [3.8, 4) is 5.75 Å². The molecule has 1 aromatic heterocycles. The number of para-hydroxylation sites is 1. The molecule has 7 nitrogen and oxygen atoms in total. The number of benzene rings is 2. The fraction of sp³-hybridized carbons (Fsp3) is 0.292. The maximum absolute atomic E-state index is 13.7. The molecular weight excluding hydrogens is 462 g/mol. The molecule has 3 aromatic rings. The number of carbonyl (C=O) groups is 1. The van der Waals surface area contributed by atoms with Gasteiger partial charge in [0.25, 0.3) is 5.56 Å². The third kappa shape index (κ3) is 5.81. The Morgan fingerprint density at radius 1 is 1.24 bits per heavy atom. The van der Waals surface area contributed by atoms with Crippen LogP contribution in [0.25, 0.3) is 0 Å². The molecule has 2 heterocycles. The minimum atomic E-state index is -0.714. The van der Waals surface area contributed by atoms with E-state index in [2.05, 4.69) is 20.2 Å². The van der Waals surface area contributed by atoms with Gasteiger partial charge in [-0.25, -0.2) is 13.8 Å². The molecular formula is C24H24F2N4O3S. The van der Waals surface area contributed by atoms with Crippen molar-refractivity contribution >= 4 is 17.7 Å². The SMILES string of the molecule is COc1ccccc1CN1CCc2nc(SCC(=O)NCc3ccc(F)cc3F)[nH]c(=O)c2C1. The van der Waals surface area contributed by atoms with Gasteiger partial charge in [-0.3, -0.25) is 14.5 Å². The fourth-order valence-corrected chi connectivity index (χ4v) is 4.49. The first-order valence-electron chi connectivity index (χ1n) is 10.7. The van der Waals surface area contributed by atoms with Crippen molar-refractivity contribution in [1.82, 2.24) is 20.2 Å². The maximum Gasteiger partial charge on any atom is 0.256 e. The number of fused-ring (bicyclic) bond motifs is 1. The summed E-state index contributed by atoms with van der Waals surface area (Å²) in [5.74, 6) is -0.920. The van der Waals surface area contributed by atoms with E-state index in [0.717, 1.165) is 47.4 Å². The Hall–Kier alpha value is -3.24. The van der Waals surface area contributed by atoms with Gasteiger partial charge in [0, 0.05) is 49.8 Å². The molecule has 34 heavy (non-hydrogen) atoms. The Kier molecular flexibility index (Phi) is 7.59. The summed E-state index contributed by atoms with van der Waals surface area (Å²) >= 11 is 1.10. The van der Waals surface area contributed by atoms with Crippen molar-refractivity contribution in [3.63, 3.8) is 0 Å². The maximum atomic E-state index is 13.7. The molecule has 2 N–H and O–H groups in total. The van der Waals surface area contributed by atoms with Gasteiger partial charge in [0.1, 0.15) is 17.4 Å². The molecule has 0 fully saturated rings. The second-order valence-electron chi connectivity index (χ2n) is 7.87. The molecule has 0 spiro atoms. The summed E-state index contributed by atoms with van der Waals surface area (Å²) in [4.78, 5) is 34.3. The first kappa shape index (κ1) is 23.9. The number of nitrogens with one attached hydrogen (secondary N) is 2. The zero-order valence-corrected chi connectivity index (χ0v) is 19.4. The molecule has 0 saturated heterocycles. The van der Waals surface area contributed by atoms with Crippen LogP contribution in [0.4, 0.5) is 8.78 Å². The number of carbonyl (C=O) groups excluding carboxylic acids is 1. The Labute approximate surface area is 199 Å². The standard InChI is InChI=1S/C24H24F2N4O3S/c1-33-21-5-3-2-4-16(21)12-30-9-8-20-18(13-30)23(32)29-24(28-20)34-14-22(31)27-11-15-6-7-17(25)10-19(15)26/h2-7,10H,8-9,11-14H2,1H3,(H,27,31)(H,28,29,32). The lowest BCUT2D eigenvalue weighted by Gasteiger charge is -2.28. The average Bonchev–Trinajstić information content (AvgIpc) is 2.83. The molecule has 1 aliphatic rings. The number of rotatable bonds is 8. The van der Waals surface area contributed by atoms with Gasteiger partial charge >= 0.3 is 0 Å². The lowest BCUT2D eigenvalue weighted by Crippen LogP contribution is -2.35. The van der Waals surface area contributed by atoms with Crippen LogP contribution in [0.1, 0.15) is 22.4 Å². The molecule has 0 aliphatic carbocycles. The zero-order valence-electron chi connectivity index (χ0n) is 18.6. The summed E-state index contributed by atoms with van der Waals surface area (Å²) in [7, 11) is 1.64. The Balaban J connectivity index is 1.34. The van der Waals surface area contributed by atoms with Crippen molar-refractivity contribution in [3.05, 3.63) is 86.8 Å². The third-order valence-electron chi connectivity index (χ3n) is 5.54. The van der Waals surface area contributed by atoms with Crippen molar-refractivity contribution in [2.24, 2.45) is 0 Å². The van der Waals surface area contributed by atoms with E-state index in [-0.39, 0.29) is 29.3 Å². The lowest BCUT2D eigenvalue weighted by atomic mass is 10.1. The predicted molar refractivity (Wildman–Crippen MR) is 125 cm³/mol. The van der Waals surface area contributed by atoms with E-state index in [9.17, 15) is 18.4 Å². The highest BCUT2D eigenvalue weighted by Gasteiger charge is 2.22. The highest BCUT2D eigenvalue weighted by Crippen LogP contribution is 2.23. The van der Waals surface area contributed by atoms with E-state index in [0.29, 0.717) is 30.2 Å². The predicted octanol–water partition coefficient (Wildman–Crippen LogP) is 3.02. The second-order valence-corrected chi connectivity index (χ2v) is 8.83. The summed E-state index contributed by atoms with van der Waals surface area (Å²) < 4.78 is 32.1. The summed E-state index contributed by atoms with van der Waals surface area (Å²) in [5.41, 5.74) is 2.39. The van der Waals surface area contributed by atoms with Gasteiger partial charge in [0.2, 0.25) is 5.91 Å². The number of nitrogens with zero attached hydrogens (tertiary/aromatic N) is 2. The zero-order chi connectivity index (χ0) is 24.1. The normalized spacial score (nSPS) is 13.4. The lowest BCUT2D eigenvalue weighted by molar-refractivity contribution is -0.118. The van der Waals surface area contributed by atoms with Crippen LogP contribution in [0.3, 0.4) is 0 Å². The number of amides is 1. The third-order valence-corrected chi connectivity index (χ3v) is 6.42. The van der Waals surface area contributed by atoms with E-state index in [1.54, 1.807) is 7.11 Å². The van der Waals surface area contributed by atoms with E-state index >= 15 is 0 Å². The van der Waals surface area contributed by atoms with Crippen LogP contribution in [0.5, 0.6) is 5.75 Å². The Morgan fingerprint density at radius 2 is 2.06 bits per heavy atom. The minimum Gasteiger partial charge on any atom is -0.496 e. The molecule has 0 unspecified atom stereocenters. The summed E-state index contributed by atoms with van der Waals surface area (Å²) in [6.07, 6.45) is 0.623. The molecule has 178 valence electrons. The minimum absolute atomic E-state index is 0.00443. The number of ether oxygens (including phenoxy) is 1. The summed E-state index contributed by atoms with van der Waals surface area (Å²) in [5, 5.41) is 2.95. The average molecular weight is 487 g/mol. The summed E-state index contributed by atoms with van der Waals surface area (Å²) in [6, 6.07) is 11.0. The van der Waals surface area contributed by atoms with Crippen LogP contribution in [0.15, 0.2) is 52.4 Å². The fourth-order valence-electron chi connectivity index (χ4n) is 3.78. The van der Waals surface area contributed by atoms with Crippen LogP contribution in [0, 0.1) is 11.6 Å². The number of halogens is 2. The largest absolute Gasteiger partial charge is 0.496 e. The first-order valence-corrected chi connectivity index (χ1v) is 11.7. The molecule has 0 atom stereocenters. The van der Waals surface area contributed by atoms with Crippen LogP contribution >= 0.6 is 11.8 Å². The van der Waals surface area contributed by atoms with E-state index in [4.69, 9.17) is 4.74 Å². The molecule has 10 heteroatoms. The highest BCUT2D eigenvalue weighted by atomic mass is 32.2. The van der Waals surface area contributed by atoms with Gasteiger partial charge in [-0.15, -0.1) is 0 Å². The molecule has 0 radical (unpaired) electrons. The van der Waals surface area contributed by atoms with Crippen LogP contribution in [-0.2, 0) is 30.8 Å². The number of methoxy groups -OCH3 is 1. The van der Waals surface area contributed by atoms with Gasteiger partial charge in [-0.05, 0) is 12.1 Å². The van der Waals surface area contributed by atoms with Gasteiger partial charge in [-0.1, -0.05) is 36.0 Å². The summed E-state index contributed by atoms with van der Waals surface area (Å²) in [6.45, 7) is 1.83. The van der Waals surface area contributed by atoms with Gasteiger partial charge in [0.05, 0.1) is 24.1 Å². The molecule has 2 aromatic carbocycles. The highest BCUT2D eigenvalue weighted by molar-refractivity contribution is 7.99. The van der Waals surface area contributed by atoms with E-state index in [1.807, 2.05) is 24.3 Å². The van der Waals surface area contributed by atoms with Crippen LogP contribution < -0.4 is 15.6 Å².